The van der Waals surface area contributed by atoms with E-state index in [2.05, 4.69) is 15.6 Å². The number of aromatic nitrogens is 1. The van der Waals surface area contributed by atoms with Crippen LogP contribution in [0.15, 0.2) is 12.3 Å². The minimum Gasteiger partial charge on any atom is -0.378 e. The summed E-state index contributed by atoms with van der Waals surface area (Å²) < 4.78 is 5.30. The molecule has 0 amide bonds. The lowest BCUT2D eigenvalue weighted by molar-refractivity contribution is -0.384. The van der Waals surface area contributed by atoms with E-state index in [1.165, 1.54) is 6.07 Å². The first-order valence-corrected chi connectivity index (χ1v) is 5.73. The SMILES string of the molecule is CO[C@H]1CNCC1Nc1ncc(C)cc1[N+](=O)[O-]. The van der Waals surface area contributed by atoms with Gasteiger partial charge in [-0.25, -0.2) is 4.98 Å². The Balaban J connectivity index is 2.20. The van der Waals surface area contributed by atoms with E-state index in [-0.39, 0.29) is 17.8 Å². The van der Waals surface area contributed by atoms with Crippen molar-refractivity contribution in [3.8, 4) is 0 Å². The molecule has 98 valence electrons. The first kappa shape index (κ1) is 12.7. The zero-order valence-corrected chi connectivity index (χ0v) is 10.3. The van der Waals surface area contributed by atoms with Crippen LogP contribution in [0.1, 0.15) is 5.56 Å². The van der Waals surface area contributed by atoms with Crippen LogP contribution in [0, 0.1) is 17.0 Å². The fourth-order valence-electron chi connectivity index (χ4n) is 2.03. The first-order chi connectivity index (χ1) is 8.61. The summed E-state index contributed by atoms with van der Waals surface area (Å²) in [4.78, 5) is 14.6. The number of ether oxygens (including phenoxy) is 1. The van der Waals surface area contributed by atoms with E-state index < -0.39 is 4.92 Å². The number of anilines is 1. The van der Waals surface area contributed by atoms with Gasteiger partial charge in [0.25, 0.3) is 0 Å². The van der Waals surface area contributed by atoms with Crippen molar-refractivity contribution in [1.82, 2.24) is 10.3 Å². The second-order valence-corrected chi connectivity index (χ2v) is 4.32. The van der Waals surface area contributed by atoms with Gasteiger partial charge in [-0.1, -0.05) is 0 Å². The molecule has 0 bridgehead atoms. The Bertz CT molecular complexity index is 452. The molecule has 2 heterocycles. The molecule has 1 aromatic rings. The standard InChI is InChI=1S/C11H16N4O3/c1-7-3-9(15(16)17)11(13-4-7)14-8-5-12-6-10(8)18-2/h3-4,8,10,12H,5-6H2,1-2H3,(H,13,14)/t8?,10-/m0/s1. The van der Waals surface area contributed by atoms with Gasteiger partial charge in [-0.05, 0) is 12.5 Å². The molecule has 18 heavy (non-hydrogen) atoms. The molecular formula is C11H16N4O3. The van der Waals surface area contributed by atoms with E-state index in [4.69, 9.17) is 4.74 Å². The predicted octanol–water partition coefficient (Wildman–Crippen LogP) is 0.697. The molecule has 1 aliphatic rings. The van der Waals surface area contributed by atoms with E-state index in [0.29, 0.717) is 12.4 Å². The summed E-state index contributed by atoms with van der Waals surface area (Å²) in [6.45, 7) is 3.21. The third kappa shape index (κ3) is 2.57. The van der Waals surface area contributed by atoms with Gasteiger partial charge in [0, 0.05) is 32.5 Å². The molecule has 0 saturated carbocycles. The lowest BCUT2D eigenvalue weighted by Gasteiger charge is -2.18. The number of nitrogens with zero attached hydrogens (tertiary/aromatic N) is 2. The predicted molar refractivity (Wildman–Crippen MR) is 66.7 cm³/mol. The zero-order chi connectivity index (χ0) is 13.1. The number of aryl methyl sites for hydroxylation is 1. The summed E-state index contributed by atoms with van der Waals surface area (Å²) in [6, 6.07) is 1.50. The molecular weight excluding hydrogens is 236 g/mol. The fraction of sp³-hybridized carbons (Fsp3) is 0.545. The normalized spacial score (nSPS) is 23.0. The number of methoxy groups -OCH3 is 1. The molecule has 7 heteroatoms. The molecule has 1 aromatic heterocycles. The molecule has 0 spiro atoms. The van der Waals surface area contributed by atoms with Crippen LogP contribution in [-0.4, -0.2) is 42.3 Å². The van der Waals surface area contributed by atoms with Crippen LogP contribution in [-0.2, 0) is 4.74 Å². The summed E-state index contributed by atoms with van der Waals surface area (Å²) in [5.74, 6) is 0.293. The molecule has 0 aromatic carbocycles. The average molecular weight is 252 g/mol. The van der Waals surface area contributed by atoms with Crippen LogP contribution in [0.3, 0.4) is 0 Å². The molecule has 1 aliphatic heterocycles. The highest BCUT2D eigenvalue weighted by Crippen LogP contribution is 2.24. The molecule has 2 N–H and O–H groups in total. The van der Waals surface area contributed by atoms with Gasteiger partial charge >= 0.3 is 5.69 Å². The van der Waals surface area contributed by atoms with Gasteiger partial charge < -0.3 is 15.4 Å². The third-order valence-corrected chi connectivity index (χ3v) is 2.98. The topological polar surface area (TPSA) is 89.3 Å². The largest absolute Gasteiger partial charge is 0.378 e. The maximum Gasteiger partial charge on any atom is 0.311 e. The van der Waals surface area contributed by atoms with Crippen molar-refractivity contribution < 1.29 is 9.66 Å². The molecule has 1 saturated heterocycles. The van der Waals surface area contributed by atoms with E-state index >= 15 is 0 Å². The zero-order valence-electron chi connectivity index (χ0n) is 10.3. The van der Waals surface area contributed by atoms with E-state index in [1.54, 1.807) is 20.2 Å². The molecule has 2 rings (SSSR count). The summed E-state index contributed by atoms with van der Waals surface area (Å²) in [5, 5.41) is 17.2. The summed E-state index contributed by atoms with van der Waals surface area (Å²) in [7, 11) is 1.63. The highest BCUT2D eigenvalue weighted by Gasteiger charge is 2.29. The summed E-state index contributed by atoms with van der Waals surface area (Å²) in [6.07, 6.45) is 1.60. The van der Waals surface area contributed by atoms with Crippen LogP contribution in [0.5, 0.6) is 0 Å². The second kappa shape index (κ2) is 5.28. The minimum atomic E-state index is -0.424. The fourth-order valence-corrected chi connectivity index (χ4v) is 2.03. The molecule has 0 radical (unpaired) electrons. The van der Waals surface area contributed by atoms with Crippen molar-refractivity contribution in [1.29, 1.82) is 0 Å². The number of rotatable bonds is 4. The molecule has 1 unspecified atom stereocenters. The monoisotopic (exact) mass is 252 g/mol. The Morgan fingerprint density at radius 3 is 3.06 bits per heavy atom. The molecule has 1 fully saturated rings. The van der Waals surface area contributed by atoms with Crippen LogP contribution in [0.4, 0.5) is 11.5 Å². The van der Waals surface area contributed by atoms with Crippen LogP contribution >= 0.6 is 0 Å². The Morgan fingerprint density at radius 2 is 2.39 bits per heavy atom. The summed E-state index contributed by atoms with van der Waals surface area (Å²) in [5.41, 5.74) is 0.761. The lowest BCUT2D eigenvalue weighted by atomic mass is 10.2. The first-order valence-electron chi connectivity index (χ1n) is 5.73. The van der Waals surface area contributed by atoms with Gasteiger partial charge in [-0.3, -0.25) is 10.1 Å². The van der Waals surface area contributed by atoms with Gasteiger partial charge in [0.2, 0.25) is 5.82 Å². The maximum absolute atomic E-state index is 11.0. The van der Waals surface area contributed by atoms with Crippen molar-refractivity contribution in [2.75, 3.05) is 25.5 Å². The number of nitro groups is 1. The summed E-state index contributed by atoms with van der Waals surface area (Å²) >= 11 is 0. The van der Waals surface area contributed by atoms with E-state index in [9.17, 15) is 10.1 Å². The van der Waals surface area contributed by atoms with Crippen molar-refractivity contribution in [3.63, 3.8) is 0 Å². The maximum atomic E-state index is 11.0. The molecule has 2 atom stereocenters. The van der Waals surface area contributed by atoms with Crippen molar-refractivity contribution >= 4 is 11.5 Å². The number of pyridine rings is 1. The Labute approximate surface area is 105 Å². The van der Waals surface area contributed by atoms with Crippen molar-refractivity contribution in [2.24, 2.45) is 0 Å². The highest BCUT2D eigenvalue weighted by atomic mass is 16.6. The molecule has 0 aliphatic carbocycles. The van der Waals surface area contributed by atoms with Crippen molar-refractivity contribution in [3.05, 3.63) is 27.9 Å². The van der Waals surface area contributed by atoms with Crippen LogP contribution in [0.2, 0.25) is 0 Å². The molecule has 7 nitrogen and oxygen atoms in total. The smallest absolute Gasteiger partial charge is 0.311 e. The van der Waals surface area contributed by atoms with E-state index in [1.807, 2.05) is 0 Å². The van der Waals surface area contributed by atoms with Gasteiger partial charge in [0.1, 0.15) is 0 Å². The number of hydrogen-bond donors (Lipinski definition) is 2. The number of nitrogens with one attached hydrogen (secondary N) is 2. The Morgan fingerprint density at radius 1 is 1.61 bits per heavy atom. The van der Waals surface area contributed by atoms with Gasteiger partial charge in [0.05, 0.1) is 17.1 Å². The Hall–Kier alpha value is -1.73. The second-order valence-electron chi connectivity index (χ2n) is 4.32. The van der Waals surface area contributed by atoms with Gasteiger partial charge in [-0.15, -0.1) is 0 Å². The van der Waals surface area contributed by atoms with Crippen LogP contribution in [0.25, 0.3) is 0 Å². The van der Waals surface area contributed by atoms with Gasteiger partial charge in [0.15, 0.2) is 0 Å². The average Bonchev–Trinajstić information content (AvgIpc) is 2.78. The lowest BCUT2D eigenvalue weighted by Crippen LogP contribution is -2.34. The highest BCUT2D eigenvalue weighted by molar-refractivity contribution is 5.57. The van der Waals surface area contributed by atoms with Gasteiger partial charge in [-0.2, -0.15) is 0 Å². The van der Waals surface area contributed by atoms with E-state index in [0.717, 1.165) is 12.1 Å². The number of hydrogen-bond acceptors (Lipinski definition) is 6. The third-order valence-electron chi connectivity index (χ3n) is 2.98. The quantitative estimate of drug-likeness (QED) is 0.605. The van der Waals surface area contributed by atoms with Crippen LogP contribution < -0.4 is 10.6 Å². The van der Waals surface area contributed by atoms with Crippen molar-refractivity contribution in [2.45, 2.75) is 19.1 Å². The Kier molecular flexibility index (Phi) is 3.73. The minimum absolute atomic E-state index is 0.00301.